The Labute approximate surface area is 165 Å². The Balaban J connectivity index is 1.41. The maximum absolute atomic E-state index is 13.0. The molecule has 3 heterocycles. The zero-order valence-electron chi connectivity index (χ0n) is 16.3. The predicted octanol–water partition coefficient (Wildman–Crippen LogP) is 0.458. The Morgan fingerprint density at radius 2 is 2.11 bits per heavy atom. The molecule has 0 radical (unpaired) electrons. The minimum Gasteiger partial charge on any atom is -0.494 e. The van der Waals surface area contributed by atoms with Crippen molar-refractivity contribution in [1.29, 1.82) is 0 Å². The van der Waals surface area contributed by atoms with Crippen molar-refractivity contribution in [3.63, 3.8) is 0 Å². The number of amides is 2. The normalized spacial score (nSPS) is 25.3. The Kier molecular flexibility index (Phi) is 5.79. The average molecular weight is 388 g/mol. The summed E-state index contributed by atoms with van der Waals surface area (Å²) in [4.78, 5) is 29.2. The van der Waals surface area contributed by atoms with E-state index in [0.717, 1.165) is 36.5 Å². The van der Waals surface area contributed by atoms with E-state index in [2.05, 4.69) is 15.5 Å². The van der Waals surface area contributed by atoms with Crippen LogP contribution in [0.15, 0.2) is 18.2 Å². The molecule has 8 heteroatoms. The third kappa shape index (κ3) is 3.99. The van der Waals surface area contributed by atoms with Gasteiger partial charge < -0.3 is 19.7 Å². The lowest BCUT2D eigenvalue weighted by molar-refractivity contribution is -0.128. The molecule has 1 aromatic rings. The van der Waals surface area contributed by atoms with Crippen molar-refractivity contribution in [3.05, 3.63) is 23.8 Å². The predicted molar refractivity (Wildman–Crippen MR) is 104 cm³/mol. The van der Waals surface area contributed by atoms with E-state index < -0.39 is 0 Å². The van der Waals surface area contributed by atoms with Gasteiger partial charge in [-0.2, -0.15) is 0 Å². The van der Waals surface area contributed by atoms with Gasteiger partial charge in [-0.15, -0.1) is 0 Å². The monoisotopic (exact) mass is 388 g/mol. The first-order valence-corrected chi connectivity index (χ1v) is 10.1. The van der Waals surface area contributed by atoms with Crippen LogP contribution in [0.4, 0.5) is 5.69 Å². The van der Waals surface area contributed by atoms with Gasteiger partial charge in [-0.25, -0.2) is 0 Å². The summed E-state index contributed by atoms with van der Waals surface area (Å²) in [5.41, 5.74) is 2.01. The van der Waals surface area contributed by atoms with Crippen LogP contribution in [-0.2, 0) is 20.7 Å². The van der Waals surface area contributed by atoms with Crippen molar-refractivity contribution < 1.29 is 19.1 Å². The molecular formula is C20H28N4O4. The molecule has 0 saturated carbocycles. The standard InChI is InChI=1S/C20H28N4O4/c1-2-28-16-5-3-4-15-14(16)6-7-24(15)20(26)12-17-21-18(13-19(25)22-17)23-8-10-27-11-9-23/h3-5,17-18,21H,2,6-13H2,1H3,(H,22,25). The number of fused-ring (bicyclic) bond motifs is 1. The molecule has 0 spiro atoms. The van der Waals surface area contributed by atoms with Gasteiger partial charge in [0.2, 0.25) is 11.8 Å². The summed E-state index contributed by atoms with van der Waals surface area (Å²) < 4.78 is 11.1. The minimum absolute atomic E-state index is 0.00725. The number of carbonyl (C=O) groups excluding carboxylic acids is 2. The maximum Gasteiger partial charge on any atom is 0.230 e. The second-order valence-electron chi connectivity index (χ2n) is 7.34. The van der Waals surface area contributed by atoms with Gasteiger partial charge in [-0.1, -0.05) is 6.07 Å². The lowest BCUT2D eigenvalue weighted by atomic mass is 10.1. The first-order valence-electron chi connectivity index (χ1n) is 10.1. The van der Waals surface area contributed by atoms with Crippen LogP contribution in [-0.4, -0.2) is 68.5 Å². The molecule has 2 N–H and O–H groups in total. The fourth-order valence-corrected chi connectivity index (χ4v) is 4.23. The molecule has 4 rings (SSSR count). The molecule has 2 amide bonds. The van der Waals surface area contributed by atoms with Gasteiger partial charge in [0, 0.05) is 25.2 Å². The molecular weight excluding hydrogens is 360 g/mol. The number of hydrogen-bond donors (Lipinski definition) is 2. The summed E-state index contributed by atoms with van der Waals surface area (Å²) in [6, 6.07) is 5.84. The second-order valence-corrected chi connectivity index (χ2v) is 7.34. The lowest BCUT2D eigenvalue weighted by Gasteiger charge is -2.40. The molecule has 0 bridgehead atoms. The molecule has 3 aliphatic heterocycles. The van der Waals surface area contributed by atoms with Crippen molar-refractivity contribution in [1.82, 2.24) is 15.5 Å². The van der Waals surface area contributed by atoms with Crippen LogP contribution in [0.1, 0.15) is 25.3 Å². The van der Waals surface area contributed by atoms with E-state index in [1.54, 1.807) is 0 Å². The largest absolute Gasteiger partial charge is 0.494 e. The number of morpholine rings is 1. The zero-order chi connectivity index (χ0) is 19.5. The Hall–Kier alpha value is -2.16. The molecule has 28 heavy (non-hydrogen) atoms. The molecule has 2 unspecified atom stereocenters. The van der Waals surface area contributed by atoms with Crippen molar-refractivity contribution in [2.75, 3.05) is 44.4 Å². The highest BCUT2D eigenvalue weighted by molar-refractivity contribution is 5.96. The topological polar surface area (TPSA) is 83.1 Å². The first kappa shape index (κ1) is 19.2. The highest BCUT2D eigenvalue weighted by Gasteiger charge is 2.34. The second kappa shape index (κ2) is 8.46. The number of nitrogens with zero attached hydrogens (tertiary/aromatic N) is 2. The van der Waals surface area contributed by atoms with Crippen LogP contribution in [0.2, 0.25) is 0 Å². The van der Waals surface area contributed by atoms with E-state index in [-0.39, 0.29) is 30.6 Å². The summed E-state index contributed by atoms with van der Waals surface area (Å²) in [5, 5.41) is 6.35. The van der Waals surface area contributed by atoms with Gasteiger partial charge >= 0.3 is 0 Å². The Morgan fingerprint density at radius 1 is 1.29 bits per heavy atom. The van der Waals surface area contributed by atoms with Gasteiger partial charge in [-0.05, 0) is 25.5 Å². The number of nitrogens with one attached hydrogen (secondary N) is 2. The molecule has 2 fully saturated rings. The number of ether oxygens (including phenoxy) is 2. The smallest absolute Gasteiger partial charge is 0.230 e. The van der Waals surface area contributed by atoms with E-state index >= 15 is 0 Å². The highest BCUT2D eigenvalue weighted by atomic mass is 16.5. The Bertz CT molecular complexity index is 735. The Morgan fingerprint density at radius 3 is 2.89 bits per heavy atom. The van der Waals surface area contributed by atoms with E-state index in [0.29, 0.717) is 32.8 Å². The van der Waals surface area contributed by atoms with E-state index in [1.807, 2.05) is 30.0 Å². The fraction of sp³-hybridized carbons (Fsp3) is 0.600. The summed E-state index contributed by atoms with van der Waals surface area (Å²) in [5.74, 6) is 0.841. The lowest BCUT2D eigenvalue weighted by Crippen LogP contribution is -2.63. The number of anilines is 1. The van der Waals surface area contributed by atoms with Crippen molar-refractivity contribution in [3.8, 4) is 5.75 Å². The summed E-state index contributed by atoms with van der Waals surface area (Å²) in [6.45, 7) is 6.15. The first-order chi connectivity index (χ1) is 13.7. The average Bonchev–Trinajstić information content (AvgIpc) is 3.14. The quantitative estimate of drug-likeness (QED) is 0.763. The third-order valence-electron chi connectivity index (χ3n) is 5.56. The molecule has 1 aromatic carbocycles. The van der Waals surface area contributed by atoms with Gasteiger partial charge in [-0.3, -0.25) is 19.8 Å². The minimum atomic E-state index is -0.360. The van der Waals surface area contributed by atoms with Gasteiger partial charge in [0.15, 0.2) is 0 Å². The van der Waals surface area contributed by atoms with E-state index in [1.165, 1.54) is 0 Å². The van der Waals surface area contributed by atoms with Crippen LogP contribution in [0, 0.1) is 0 Å². The fourth-order valence-electron chi connectivity index (χ4n) is 4.23. The van der Waals surface area contributed by atoms with Crippen LogP contribution in [0.5, 0.6) is 5.75 Å². The van der Waals surface area contributed by atoms with E-state index in [4.69, 9.17) is 9.47 Å². The van der Waals surface area contributed by atoms with Crippen LogP contribution < -0.4 is 20.3 Å². The van der Waals surface area contributed by atoms with Crippen molar-refractivity contribution in [2.24, 2.45) is 0 Å². The molecule has 152 valence electrons. The number of carbonyl (C=O) groups is 2. The highest BCUT2D eigenvalue weighted by Crippen LogP contribution is 2.35. The number of benzene rings is 1. The molecule has 0 aliphatic carbocycles. The number of rotatable bonds is 5. The van der Waals surface area contributed by atoms with Crippen LogP contribution in [0.3, 0.4) is 0 Å². The van der Waals surface area contributed by atoms with Gasteiger partial charge in [0.1, 0.15) is 5.75 Å². The molecule has 2 saturated heterocycles. The SMILES string of the molecule is CCOc1cccc2c1CCN2C(=O)CC1NC(=O)CC(N2CCOCC2)N1. The van der Waals surface area contributed by atoms with Crippen molar-refractivity contribution >= 4 is 17.5 Å². The molecule has 0 aromatic heterocycles. The third-order valence-corrected chi connectivity index (χ3v) is 5.56. The molecule has 3 aliphatic rings. The zero-order valence-corrected chi connectivity index (χ0v) is 16.3. The summed E-state index contributed by atoms with van der Waals surface area (Å²) >= 11 is 0. The van der Waals surface area contributed by atoms with Gasteiger partial charge in [0.25, 0.3) is 0 Å². The van der Waals surface area contributed by atoms with Crippen LogP contribution in [0.25, 0.3) is 0 Å². The summed E-state index contributed by atoms with van der Waals surface area (Å²) in [7, 11) is 0. The van der Waals surface area contributed by atoms with E-state index in [9.17, 15) is 9.59 Å². The molecule has 2 atom stereocenters. The van der Waals surface area contributed by atoms with Crippen LogP contribution >= 0.6 is 0 Å². The van der Waals surface area contributed by atoms with Gasteiger partial charge in [0.05, 0.1) is 50.7 Å². The maximum atomic E-state index is 13.0. The number of hydrogen-bond acceptors (Lipinski definition) is 6. The summed E-state index contributed by atoms with van der Waals surface area (Å²) in [6.07, 6.45) is 1.00. The van der Waals surface area contributed by atoms with Crippen molar-refractivity contribution in [2.45, 2.75) is 38.5 Å². The molecule has 8 nitrogen and oxygen atoms in total.